The molecule has 2 rings (SSSR count). The van der Waals surface area contributed by atoms with Crippen LogP contribution in [0.3, 0.4) is 0 Å². The fraction of sp³-hybridized carbons (Fsp3) is 0.231. The number of benzene rings is 1. The second-order valence-corrected chi connectivity index (χ2v) is 4.08. The van der Waals surface area contributed by atoms with E-state index in [0.717, 1.165) is 5.56 Å². The maximum atomic E-state index is 11.2. The van der Waals surface area contributed by atoms with E-state index in [9.17, 15) is 10.1 Å². The van der Waals surface area contributed by atoms with Crippen LogP contribution in [-0.4, -0.2) is 21.4 Å². The fourth-order valence-electron chi connectivity index (χ4n) is 1.69. The van der Waals surface area contributed by atoms with Crippen molar-refractivity contribution in [2.75, 3.05) is 11.9 Å². The number of nitro groups is 1. The van der Waals surface area contributed by atoms with E-state index in [0.29, 0.717) is 12.3 Å². The predicted octanol–water partition coefficient (Wildman–Crippen LogP) is 2.92. The standard InChI is InChI=1S/C13H14N4O3/c1-3-14-12-11(17(18)19)13(16-8-15-12)20-10-6-4-5-9(2)7-10/h4-8H,3H2,1-2H3,(H,14,15,16). The van der Waals surface area contributed by atoms with Crippen LogP contribution in [0, 0.1) is 17.0 Å². The fourth-order valence-corrected chi connectivity index (χ4v) is 1.69. The monoisotopic (exact) mass is 274 g/mol. The zero-order chi connectivity index (χ0) is 14.5. The van der Waals surface area contributed by atoms with E-state index in [-0.39, 0.29) is 17.4 Å². The number of nitrogens with one attached hydrogen (secondary N) is 1. The summed E-state index contributed by atoms with van der Waals surface area (Å²) < 4.78 is 5.51. The van der Waals surface area contributed by atoms with Gasteiger partial charge in [0.25, 0.3) is 0 Å². The first-order valence-electron chi connectivity index (χ1n) is 6.09. The SMILES string of the molecule is CCNc1ncnc(Oc2cccc(C)c2)c1[N+](=O)[O-]. The van der Waals surface area contributed by atoms with Crippen LogP contribution in [0.5, 0.6) is 11.6 Å². The molecule has 20 heavy (non-hydrogen) atoms. The molecule has 0 fully saturated rings. The van der Waals surface area contributed by atoms with Gasteiger partial charge in [-0.1, -0.05) is 12.1 Å². The summed E-state index contributed by atoms with van der Waals surface area (Å²) in [5.74, 6) is 0.566. The van der Waals surface area contributed by atoms with Crippen LogP contribution in [0.25, 0.3) is 0 Å². The Balaban J connectivity index is 2.40. The molecule has 0 unspecified atom stereocenters. The first-order valence-corrected chi connectivity index (χ1v) is 6.09. The molecule has 0 saturated heterocycles. The first-order chi connectivity index (χ1) is 9.61. The van der Waals surface area contributed by atoms with Crippen molar-refractivity contribution in [3.8, 4) is 11.6 Å². The Kier molecular flexibility index (Phi) is 4.09. The molecule has 1 aromatic carbocycles. The number of rotatable bonds is 5. The quantitative estimate of drug-likeness (QED) is 0.666. The lowest BCUT2D eigenvalue weighted by Gasteiger charge is -2.08. The van der Waals surface area contributed by atoms with Crippen LogP contribution in [0.1, 0.15) is 12.5 Å². The van der Waals surface area contributed by atoms with Crippen LogP contribution < -0.4 is 10.1 Å². The van der Waals surface area contributed by atoms with Crippen LogP contribution >= 0.6 is 0 Å². The zero-order valence-electron chi connectivity index (χ0n) is 11.2. The molecule has 1 aromatic heterocycles. The summed E-state index contributed by atoms with van der Waals surface area (Å²) in [6.07, 6.45) is 1.23. The van der Waals surface area contributed by atoms with Gasteiger partial charge < -0.3 is 10.1 Å². The van der Waals surface area contributed by atoms with Gasteiger partial charge in [0.15, 0.2) is 0 Å². The maximum Gasteiger partial charge on any atom is 0.373 e. The Bertz CT molecular complexity index is 631. The van der Waals surface area contributed by atoms with Crippen LogP contribution in [-0.2, 0) is 0 Å². The molecule has 0 spiro atoms. The van der Waals surface area contributed by atoms with Gasteiger partial charge in [0.2, 0.25) is 5.82 Å². The largest absolute Gasteiger partial charge is 0.434 e. The van der Waals surface area contributed by atoms with Gasteiger partial charge in [0.1, 0.15) is 12.1 Å². The third-order valence-electron chi connectivity index (χ3n) is 2.52. The van der Waals surface area contributed by atoms with Crippen LogP contribution in [0.4, 0.5) is 11.5 Å². The van der Waals surface area contributed by atoms with E-state index in [4.69, 9.17) is 4.74 Å². The van der Waals surface area contributed by atoms with Crippen LogP contribution in [0.2, 0.25) is 0 Å². The summed E-state index contributed by atoms with van der Waals surface area (Å²) >= 11 is 0. The van der Waals surface area contributed by atoms with E-state index in [2.05, 4.69) is 15.3 Å². The maximum absolute atomic E-state index is 11.2. The molecule has 2 aromatic rings. The summed E-state index contributed by atoms with van der Waals surface area (Å²) in [5, 5.41) is 14.0. The number of anilines is 1. The highest BCUT2D eigenvalue weighted by atomic mass is 16.6. The highest BCUT2D eigenvalue weighted by molar-refractivity contribution is 5.61. The van der Waals surface area contributed by atoms with Gasteiger partial charge in [0, 0.05) is 6.54 Å². The van der Waals surface area contributed by atoms with Crippen molar-refractivity contribution in [1.29, 1.82) is 0 Å². The van der Waals surface area contributed by atoms with Crippen molar-refractivity contribution in [2.24, 2.45) is 0 Å². The number of ether oxygens (including phenoxy) is 1. The number of hydrogen-bond donors (Lipinski definition) is 1. The molecular formula is C13H14N4O3. The predicted molar refractivity (Wildman–Crippen MR) is 74.1 cm³/mol. The lowest BCUT2D eigenvalue weighted by atomic mass is 10.2. The highest BCUT2D eigenvalue weighted by Gasteiger charge is 2.24. The molecule has 0 aliphatic heterocycles. The second kappa shape index (κ2) is 5.96. The van der Waals surface area contributed by atoms with E-state index >= 15 is 0 Å². The minimum Gasteiger partial charge on any atom is -0.434 e. The van der Waals surface area contributed by atoms with Crippen molar-refractivity contribution in [3.63, 3.8) is 0 Å². The van der Waals surface area contributed by atoms with Crippen molar-refractivity contribution in [1.82, 2.24) is 9.97 Å². The number of aromatic nitrogens is 2. The van der Waals surface area contributed by atoms with Crippen molar-refractivity contribution >= 4 is 11.5 Å². The zero-order valence-corrected chi connectivity index (χ0v) is 11.2. The van der Waals surface area contributed by atoms with E-state index in [1.54, 1.807) is 12.1 Å². The molecule has 0 atom stereocenters. The Morgan fingerprint density at radius 3 is 2.85 bits per heavy atom. The minimum atomic E-state index is -0.552. The first kappa shape index (κ1) is 13.7. The third kappa shape index (κ3) is 3.00. The molecule has 104 valence electrons. The molecule has 1 N–H and O–H groups in total. The molecule has 0 amide bonds. The number of hydrogen-bond acceptors (Lipinski definition) is 6. The van der Waals surface area contributed by atoms with Gasteiger partial charge in [0.05, 0.1) is 4.92 Å². The van der Waals surface area contributed by atoms with E-state index < -0.39 is 4.92 Å². The van der Waals surface area contributed by atoms with Gasteiger partial charge in [-0.15, -0.1) is 0 Å². The van der Waals surface area contributed by atoms with Crippen molar-refractivity contribution in [2.45, 2.75) is 13.8 Å². The molecular weight excluding hydrogens is 260 g/mol. The van der Waals surface area contributed by atoms with Gasteiger partial charge in [-0.05, 0) is 31.5 Å². The average molecular weight is 274 g/mol. The number of nitrogens with zero attached hydrogens (tertiary/aromatic N) is 3. The Labute approximate surface area is 115 Å². The van der Waals surface area contributed by atoms with Gasteiger partial charge in [-0.3, -0.25) is 10.1 Å². The van der Waals surface area contributed by atoms with Crippen LogP contribution in [0.15, 0.2) is 30.6 Å². The van der Waals surface area contributed by atoms with Crippen molar-refractivity contribution < 1.29 is 9.66 Å². The lowest BCUT2D eigenvalue weighted by molar-refractivity contribution is -0.385. The summed E-state index contributed by atoms with van der Waals surface area (Å²) in [7, 11) is 0. The molecule has 1 heterocycles. The van der Waals surface area contributed by atoms with Gasteiger partial charge in [-0.2, -0.15) is 4.98 Å². The minimum absolute atomic E-state index is 0.0773. The molecule has 0 aliphatic rings. The summed E-state index contributed by atoms with van der Waals surface area (Å²) in [5.41, 5.74) is 0.724. The molecule has 0 bridgehead atoms. The highest BCUT2D eigenvalue weighted by Crippen LogP contribution is 2.33. The molecule has 0 saturated carbocycles. The average Bonchev–Trinajstić information content (AvgIpc) is 2.39. The smallest absolute Gasteiger partial charge is 0.373 e. The van der Waals surface area contributed by atoms with E-state index in [1.807, 2.05) is 26.0 Å². The lowest BCUT2D eigenvalue weighted by Crippen LogP contribution is -2.06. The van der Waals surface area contributed by atoms with Crippen molar-refractivity contribution in [3.05, 3.63) is 46.3 Å². The summed E-state index contributed by atoms with van der Waals surface area (Å²) in [4.78, 5) is 18.3. The molecule has 7 nitrogen and oxygen atoms in total. The Hall–Kier alpha value is -2.70. The Morgan fingerprint density at radius 1 is 1.40 bits per heavy atom. The molecule has 0 radical (unpaired) electrons. The molecule has 0 aliphatic carbocycles. The third-order valence-corrected chi connectivity index (χ3v) is 2.52. The molecule has 7 heteroatoms. The normalized spacial score (nSPS) is 10.1. The topological polar surface area (TPSA) is 90.2 Å². The number of aryl methyl sites for hydroxylation is 1. The Morgan fingerprint density at radius 2 is 2.20 bits per heavy atom. The van der Waals surface area contributed by atoms with E-state index in [1.165, 1.54) is 6.33 Å². The summed E-state index contributed by atoms with van der Waals surface area (Å²) in [6, 6.07) is 7.21. The second-order valence-electron chi connectivity index (χ2n) is 4.08. The van der Waals surface area contributed by atoms with Gasteiger partial charge >= 0.3 is 11.6 Å². The van der Waals surface area contributed by atoms with Gasteiger partial charge in [-0.25, -0.2) is 4.98 Å². The summed E-state index contributed by atoms with van der Waals surface area (Å²) in [6.45, 7) is 4.25.